The van der Waals surface area contributed by atoms with Gasteiger partial charge in [0.2, 0.25) is 0 Å². The van der Waals surface area contributed by atoms with Gasteiger partial charge in [-0.1, -0.05) is 38.3 Å². The Morgan fingerprint density at radius 1 is 1.27 bits per heavy atom. The summed E-state index contributed by atoms with van der Waals surface area (Å²) in [5.74, 6) is 0. The summed E-state index contributed by atoms with van der Waals surface area (Å²) in [7, 11) is 0. The van der Waals surface area contributed by atoms with Gasteiger partial charge in [-0.25, -0.2) is 0 Å². The van der Waals surface area contributed by atoms with Crippen LogP contribution in [0.4, 0.5) is 0 Å². The molecule has 0 saturated carbocycles. The zero-order valence-electron chi connectivity index (χ0n) is 7.86. The summed E-state index contributed by atoms with van der Waals surface area (Å²) in [5, 5.41) is 0. The molecule has 0 spiro atoms. The van der Waals surface area contributed by atoms with Crippen molar-refractivity contribution in [3.05, 3.63) is 12.2 Å². The van der Waals surface area contributed by atoms with Crippen LogP contribution >= 0.6 is 0 Å². The molecule has 0 unspecified atom stereocenters. The second kappa shape index (κ2) is 7.80. The van der Waals surface area contributed by atoms with E-state index in [1.807, 2.05) is 6.92 Å². The van der Waals surface area contributed by atoms with Crippen LogP contribution in [0.3, 0.4) is 0 Å². The van der Waals surface area contributed by atoms with Crippen LogP contribution in [0.15, 0.2) is 12.2 Å². The second-order valence-electron chi connectivity index (χ2n) is 3.07. The molecule has 0 N–H and O–H groups in total. The molecule has 0 rings (SSSR count). The minimum Gasteiger partial charge on any atom is -0.377 e. The summed E-state index contributed by atoms with van der Waals surface area (Å²) in [5.41, 5.74) is 1.11. The topological polar surface area (TPSA) is 9.23 Å². The van der Waals surface area contributed by atoms with E-state index < -0.39 is 0 Å². The first kappa shape index (κ1) is 10.7. The fraction of sp³-hybridized carbons (Fsp3) is 0.800. The largest absolute Gasteiger partial charge is 0.377 e. The van der Waals surface area contributed by atoms with Crippen molar-refractivity contribution in [1.82, 2.24) is 0 Å². The number of rotatable bonds is 7. The van der Waals surface area contributed by atoms with Gasteiger partial charge in [0, 0.05) is 6.61 Å². The summed E-state index contributed by atoms with van der Waals surface area (Å²) >= 11 is 0. The van der Waals surface area contributed by atoms with Crippen molar-refractivity contribution in [2.75, 3.05) is 13.2 Å². The lowest BCUT2D eigenvalue weighted by Crippen LogP contribution is -1.96. The van der Waals surface area contributed by atoms with Crippen LogP contribution in [-0.4, -0.2) is 13.2 Å². The number of unbranched alkanes of at least 4 members (excludes halogenated alkanes) is 3. The molecular formula is C10H20O. The van der Waals surface area contributed by atoms with Crippen LogP contribution in [0.1, 0.15) is 39.5 Å². The van der Waals surface area contributed by atoms with E-state index in [-0.39, 0.29) is 0 Å². The molecule has 0 aromatic heterocycles. The van der Waals surface area contributed by atoms with Crippen LogP contribution in [0.2, 0.25) is 0 Å². The molecule has 0 amide bonds. The lowest BCUT2D eigenvalue weighted by atomic mass is 10.2. The highest BCUT2D eigenvalue weighted by molar-refractivity contribution is 4.87. The summed E-state index contributed by atoms with van der Waals surface area (Å²) in [6.07, 6.45) is 5.12. The molecule has 0 radical (unpaired) electrons. The molecule has 1 heteroatoms. The third-order valence-corrected chi connectivity index (χ3v) is 1.49. The van der Waals surface area contributed by atoms with Crippen molar-refractivity contribution in [2.45, 2.75) is 39.5 Å². The first-order valence-corrected chi connectivity index (χ1v) is 4.49. The summed E-state index contributed by atoms with van der Waals surface area (Å²) in [6, 6.07) is 0. The summed E-state index contributed by atoms with van der Waals surface area (Å²) in [6.45, 7) is 9.60. The minimum atomic E-state index is 0.728. The third-order valence-electron chi connectivity index (χ3n) is 1.49. The Hall–Kier alpha value is -0.300. The number of hydrogen-bond acceptors (Lipinski definition) is 1. The molecule has 0 heterocycles. The quantitative estimate of drug-likeness (QED) is 0.406. The van der Waals surface area contributed by atoms with Gasteiger partial charge in [0.05, 0.1) is 6.61 Å². The molecule has 1 nitrogen and oxygen atoms in total. The first-order chi connectivity index (χ1) is 5.27. The maximum atomic E-state index is 5.34. The van der Waals surface area contributed by atoms with Gasteiger partial charge < -0.3 is 4.74 Å². The normalized spacial score (nSPS) is 10.0. The average Bonchev–Trinajstić information content (AvgIpc) is 1.96. The van der Waals surface area contributed by atoms with Gasteiger partial charge in [-0.05, 0) is 13.3 Å². The van der Waals surface area contributed by atoms with Gasteiger partial charge in [0.25, 0.3) is 0 Å². The molecule has 11 heavy (non-hydrogen) atoms. The van der Waals surface area contributed by atoms with E-state index in [1.54, 1.807) is 0 Å². The van der Waals surface area contributed by atoms with Crippen molar-refractivity contribution < 1.29 is 4.74 Å². The standard InChI is InChI=1S/C10H20O/c1-4-5-6-7-8-11-9-10(2)3/h2,4-9H2,1,3H3. The Bertz CT molecular complexity index is 97.0. The maximum Gasteiger partial charge on any atom is 0.0671 e. The number of ether oxygens (including phenoxy) is 1. The van der Waals surface area contributed by atoms with Gasteiger partial charge in [0.1, 0.15) is 0 Å². The van der Waals surface area contributed by atoms with Gasteiger partial charge in [-0.15, -0.1) is 0 Å². The highest BCUT2D eigenvalue weighted by Crippen LogP contribution is 1.99. The molecular weight excluding hydrogens is 136 g/mol. The third kappa shape index (κ3) is 9.70. The highest BCUT2D eigenvalue weighted by Gasteiger charge is 1.88. The Morgan fingerprint density at radius 3 is 2.55 bits per heavy atom. The molecule has 0 fully saturated rings. The van der Waals surface area contributed by atoms with Crippen LogP contribution in [0.25, 0.3) is 0 Å². The Kier molecular flexibility index (Phi) is 7.59. The SMILES string of the molecule is C=C(C)COCCCCCC. The average molecular weight is 156 g/mol. The first-order valence-electron chi connectivity index (χ1n) is 4.49. The molecule has 0 aromatic rings. The fourth-order valence-corrected chi connectivity index (χ4v) is 0.877. The zero-order valence-corrected chi connectivity index (χ0v) is 7.86. The predicted octanol–water partition coefficient (Wildman–Crippen LogP) is 3.16. The zero-order chi connectivity index (χ0) is 8.53. The molecule has 0 saturated heterocycles. The maximum absolute atomic E-state index is 5.34. The predicted molar refractivity (Wildman–Crippen MR) is 49.8 cm³/mol. The summed E-state index contributed by atoms with van der Waals surface area (Å²) < 4.78 is 5.34. The van der Waals surface area contributed by atoms with Crippen molar-refractivity contribution in [2.24, 2.45) is 0 Å². The Balaban J connectivity index is 2.85. The van der Waals surface area contributed by atoms with E-state index in [0.717, 1.165) is 18.8 Å². The van der Waals surface area contributed by atoms with Gasteiger partial charge >= 0.3 is 0 Å². The molecule has 0 bridgehead atoms. The van der Waals surface area contributed by atoms with Crippen molar-refractivity contribution in [3.63, 3.8) is 0 Å². The Labute approximate surface area is 70.4 Å². The lowest BCUT2D eigenvalue weighted by molar-refractivity contribution is 0.151. The smallest absolute Gasteiger partial charge is 0.0671 e. The monoisotopic (exact) mass is 156 g/mol. The molecule has 0 aliphatic rings. The number of hydrogen-bond donors (Lipinski definition) is 0. The molecule has 0 aliphatic carbocycles. The van der Waals surface area contributed by atoms with Gasteiger partial charge in [-0.2, -0.15) is 0 Å². The van der Waals surface area contributed by atoms with Gasteiger partial charge in [0.15, 0.2) is 0 Å². The molecule has 0 aliphatic heterocycles. The van der Waals surface area contributed by atoms with E-state index in [2.05, 4.69) is 13.5 Å². The minimum absolute atomic E-state index is 0.728. The van der Waals surface area contributed by atoms with Crippen molar-refractivity contribution >= 4 is 0 Å². The van der Waals surface area contributed by atoms with Crippen LogP contribution in [-0.2, 0) is 4.74 Å². The van der Waals surface area contributed by atoms with E-state index in [0.29, 0.717) is 0 Å². The molecule has 0 aromatic carbocycles. The highest BCUT2D eigenvalue weighted by atomic mass is 16.5. The van der Waals surface area contributed by atoms with E-state index in [9.17, 15) is 0 Å². The van der Waals surface area contributed by atoms with Gasteiger partial charge in [-0.3, -0.25) is 0 Å². The molecule has 66 valence electrons. The fourth-order valence-electron chi connectivity index (χ4n) is 0.877. The van der Waals surface area contributed by atoms with Crippen LogP contribution < -0.4 is 0 Å². The van der Waals surface area contributed by atoms with Crippen molar-refractivity contribution in [1.29, 1.82) is 0 Å². The molecule has 0 atom stereocenters. The van der Waals surface area contributed by atoms with Crippen LogP contribution in [0, 0.1) is 0 Å². The second-order valence-corrected chi connectivity index (χ2v) is 3.07. The van der Waals surface area contributed by atoms with Crippen LogP contribution in [0.5, 0.6) is 0 Å². The van der Waals surface area contributed by atoms with E-state index in [1.165, 1.54) is 25.7 Å². The van der Waals surface area contributed by atoms with E-state index in [4.69, 9.17) is 4.74 Å². The Morgan fingerprint density at radius 2 is 2.00 bits per heavy atom. The lowest BCUT2D eigenvalue weighted by Gasteiger charge is -2.02. The van der Waals surface area contributed by atoms with E-state index >= 15 is 0 Å². The van der Waals surface area contributed by atoms with Crippen molar-refractivity contribution in [3.8, 4) is 0 Å². The summed E-state index contributed by atoms with van der Waals surface area (Å²) in [4.78, 5) is 0.